The minimum Gasteiger partial charge on any atom is -0.469 e. The van der Waals surface area contributed by atoms with Crippen LogP contribution in [-0.2, 0) is 9.53 Å². The van der Waals surface area contributed by atoms with Crippen molar-refractivity contribution in [1.82, 2.24) is 0 Å². The molecule has 1 aliphatic rings. The summed E-state index contributed by atoms with van der Waals surface area (Å²) in [7, 11) is 0.155. The lowest BCUT2D eigenvalue weighted by Crippen LogP contribution is -2.49. The van der Waals surface area contributed by atoms with E-state index in [-0.39, 0.29) is 11.9 Å². The lowest BCUT2D eigenvalue weighted by Gasteiger charge is -2.48. The fourth-order valence-corrected chi connectivity index (χ4v) is 11.2. The summed E-state index contributed by atoms with van der Waals surface area (Å²) in [5.74, 6) is 0.801. The molecule has 1 saturated carbocycles. The van der Waals surface area contributed by atoms with E-state index in [9.17, 15) is 4.79 Å². The Balaban J connectivity index is 2.87. The monoisotopic (exact) mass is 284 g/mol. The SMILES string of the molecule is COC(=O)[C@H]1CC[C@H]1C[Si](C(C)C)(C(C)C)C(C)C. The number of carbonyl (C=O) groups is 1. The van der Waals surface area contributed by atoms with Crippen LogP contribution in [0.25, 0.3) is 0 Å². The van der Waals surface area contributed by atoms with Crippen molar-refractivity contribution in [3.8, 4) is 0 Å². The third kappa shape index (κ3) is 3.06. The third-order valence-electron chi connectivity index (χ3n) is 5.76. The standard InChI is InChI=1S/C16H32O2Si/c1-11(2)19(12(3)4,13(5)6)10-14-8-9-15(14)16(17)18-7/h11-15H,8-10H2,1-7H3/t14-,15-/m0/s1. The van der Waals surface area contributed by atoms with Crippen LogP contribution in [0.3, 0.4) is 0 Å². The summed E-state index contributed by atoms with van der Waals surface area (Å²) in [6, 6.07) is 1.31. The van der Waals surface area contributed by atoms with Gasteiger partial charge in [-0.3, -0.25) is 4.79 Å². The highest BCUT2D eigenvalue weighted by Crippen LogP contribution is 2.51. The molecule has 0 radical (unpaired) electrons. The predicted molar refractivity (Wildman–Crippen MR) is 84.1 cm³/mol. The molecule has 0 saturated heterocycles. The first-order valence-electron chi connectivity index (χ1n) is 7.85. The van der Waals surface area contributed by atoms with Crippen molar-refractivity contribution in [2.24, 2.45) is 11.8 Å². The molecule has 2 atom stereocenters. The van der Waals surface area contributed by atoms with Gasteiger partial charge in [-0.05, 0) is 18.8 Å². The Morgan fingerprint density at radius 2 is 1.53 bits per heavy atom. The number of ether oxygens (including phenoxy) is 1. The topological polar surface area (TPSA) is 26.3 Å². The van der Waals surface area contributed by atoms with Gasteiger partial charge in [0.2, 0.25) is 0 Å². The number of carbonyl (C=O) groups excluding carboxylic acids is 1. The smallest absolute Gasteiger partial charge is 0.308 e. The summed E-state index contributed by atoms with van der Waals surface area (Å²) in [4.78, 5) is 11.8. The molecule has 0 aromatic rings. The molecule has 0 unspecified atom stereocenters. The van der Waals surface area contributed by atoms with Crippen LogP contribution < -0.4 is 0 Å². The number of hydrogen-bond acceptors (Lipinski definition) is 2. The van der Waals surface area contributed by atoms with Gasteiger partial charge in [-0.2, -0.15) is 0 Å². The molecule has 2 nitrogen and oxygen atoms in total. The van der Waals surface area contributed by atoms with Crippen LogP contribution in [0, 0.1) is 11.8 Å². The van der Waals surface area contributed by atoms with Gasteiger partial charge in [0.1, 0.15) is 0 Å². The van der Waals surface area contributed by atoms with E-state index in [1.165, 1.54) is 19.6 Å². The molecule has 112 valence electrons. The number of rotatable bonds is 6. The van der Waals surface area contributed by atoms with Gasteiger partial charge >= 0.3 is 5.97 Å². The van der Waals surface area contributed by atoms with Crippen LogP contribution in [0.4, 0.5) is 0 Å². The first-order chi connectivity index (χ1) is 8.77. The second-order valence-corrected chi connectivity index (χ2v) is 13.3. The molecule has 0 heterocycles. The van der Waals surface area contributed by atoms with Crippen molar-refractivity contribution in [2.75, 3.05) is 7.11 Å². The van der Waals surface area contributed by atoms with Crippen molar-refractivity contribution in [3.05, 3.63) is 0 Å². The van der Waals surface area contributed by atoms with Crippen LogP contribution in [0.2, 0.25) is 22.7 Å². The van der Waals surface area contributed by atoms with Crippen LogP contribution >= 0.6 is 0 Å². The van der Waals surface area contributed by atoms with Crippen LogP contribution in [0.5, 0.6) is 0 Å². The van der Waals surface area contributed by atoms with E-state index < -0.39 is 8.07 Å². The van der Waals surface area contributed by atoms with E-state index in [0.717, 1.165) is 23.0 Å². The molecule has 0 aromatic carbocycles. The molecule has 0 bridgehead atoms. The van der Waals surface area contributed by atoms with Crippen LogP contribution in [-0.4, -0.2) is 21.2 Å². The maximum absolute atomic E-state index is 11.8. The third-order valence-corrected chi connectivity index (χ3v) is 13.4. The number of hydrogen-bond donors (Lipinski definition) is 0. The fourth-order valence-electron chi connectivity index (χ4n) is 4.44. The molecule has 1 aliphatic carbocycles. The van der Waals surface area contributed by atoms with Crippen molar-refractivity contribution in [1.29, 1.82) is 0 Å². The van der Waals surface area contributed by atoms with E-state index in [4.69, 9.17) is 4.74 Å². The highest BCUT2D eigenvalue weighted by atomic mass is 28.3. The van der Waals surface area contributed by atoms with E-state index in [0.29, 0.717) is 5.92 Å². The molecule has 1 rings (SSSR count). The summed E-state index contributed by atoms with van der Waals surface area (Å²) in [6.45, 7) is 14.4. The van der Waals surface area contributed by atoms with E-state index >= 15 is 0 Å². The largest absolute Gasteiger partial charge is 0.469 e. The normalized spacial score (nSPS) is 23.9. The number of methoxy groups -OCH3 is 1. The zero-order valence-corrected chi connectivity index (χ0v) is 14.8. The average molecular weight is 285 g/mol. The molecule has 0 aromatic heterocycles. The van der Waals surface area contributed by atoms with E-state index in [1.807, 2.05) is 0 Å². The van der Waals surface area contributed by atoms with Gasteiger partial charge in [0, 0.05) is 0 Å². The predicted octanol–water partition coefficient (Wildman–Crippen LogP) is 4.86. The minimum absolute atomic E-state index is 0.0235. The molecule has 19 heavy (non-hydrogen) atoms. The van der Waals surface area contributed by atoms with Crippen molar-refractivity contribution in [2.45, 2.75) is 77.1 Å². The highest BCUT2D eigenvalue weighted by Gasteiger charge is 2.48. The molecule has 1 fully saturated rings. The Labute approximate surface area is 120 Å². The van der Waals surface area contributed by atoms with Gasteiger partial charge < -0.3 is 4.74 Å². The van der Waals surface area contributed by atoms with Crippen molar-refractivity contribution in [3.63, 3.8) is 0 Å². The van der Waals surface area contributed by atoms with Gasteiger partial charge in [0.15, 0.2) is 0 Å². The van der Waals surface area contributed by atoms with E-state index in [2.05, 4.69) is 41.5 Å². The molecule has 0 aliphatic heterocycles. The molecular weight excluding hydrogens is 252 g/mol. The maximum Gasteiger partial charge on any atom is 0.308 e. The van der Waals surface area contributed by atoms with Gasteiger partial charge in [0.25, 0.3) is 0 Å². The zero-order chi connectivity index (χ0) is 14.8. The minimum atomic E-state index is -1.37. The molecular formula is C16H32O2Si. The molecule has 0 amide bonds. The Bertz CT molecular complexity index is 288. The first-order valence-corrected chi connectivity index (χ1v) is 10.3. The first kappa shape index (κ1) is 16.7. The zero-order valence-electron chi connectivity index (χ0n) is 13.8. The lowest BCUT2D eigenvalue weighted by atomic mass is 9.75. The maximum atomic E-state index is 11.8. The van der Waals surface area contributed by atoms with Gasteiger partial charge in [-0.1, -0.05) is 64.2 Å². The Kier molecular flexibility index (Phi) is 5.66. The van der Waals surface area contributed by atoms with Gasteiger partial charge in [-0.25, -0.2) is 0 Å². The molecule has 0 spiro atoms. The summed E-state index contributed by atoms with van der Waals surface area (Å²) < 4.78 is 4.96. The lowest BCUT2D eigenvalue weighted by molar-refractivity contribution is -0.151. The highest BCUT2D eigenvalue weighted by molar-refractivity contribution is 6.83. The Morgan fingerprint density at radius 1 is 1.05 bits per heavy atom. The average Bonchev–Trinajstić information content (AvgIpc) is 2.26. The van der Waals surface area contributed by atoms with Gasteiger partial charge in [-0.15, -0.1) is 0 Å². The summed E-state index contributed by atoms with van der Waals surface area (Å²) in [6.07, 6.45) is 2.26. The molecule has 0 N–H and O–H groups in total. The summed E-state index contributed by atoms with van der Waals surface area (Å²) >= 11 is 0. The van der Waals surface area contributed by atoms with Gasteiger partial charge in [0.05, 0.1) is 21.1 Å². The second-order valence-electron chi connectivity index (χ2n) is 7.25. The van der Waals surface area contributed by atoms with Crippen molar-refractivity contribution < 1.29 is 9.53 Å². The van der Waals surface area contributed by atoms with E-state index in [1.54, 1.807) is 0 Å². The van der Waals surface area contributed by atoms with Crippen LogP contribution in [0.1, 0.15) is 54.4 Å². The Hall–Kier alpha value is -0.313. The Morgan fingerprint density at radius 3 is 1.79 bits per heavy atom. The quantitative estimate of drug-likeness (QED) is 0.514. The number of esters is 1. The van der Waals surface area contributed by atoms with Crippen molar-refractivity contribution >= 4 is 14.0 Å². The fraction of sp³-hybridized carbons (Fsp3) is 0.938. The molecule has 3 heteroatoms. The summed E-state index contributed by atoms with van der Waals surface area (Å²) in [5, 5.41) is 0. The summed E-state index contributed by atoms with van der Waals surface area (Å²) in [5.41, 5.74) is 2.35. The second kappa shape index (κ2) is 6.42. The van der Waals surface area contributed by atoms with Crippen LogP contribution in [0.15, 0.2) is 0 Å².